The normalized spacial score (nSPS) is 19.4. The number of benzene rings is 3. The molecule has 24 heavy (non-hydrogen) atoms. The summed E-state index contributed by atoms with van der Waals surface area (Å²) in [6.07, 6.45) is -0.341. The second kappa shape index (κ2) is 5.99. The van der Waals surface area contributed by atoms with Crippen LogP contribution in [0.3, 0.4) is 0 Å². The summed E-state index contributed by atoms with van der Waals surface area (Å²) in [6, 6.07) is 18.9. The maximum Gasteiger partial charge on any atom is 0.407 e. The molecule has 1 aliphatic heterocycles. The van der Waals surface area contributed by atoms with Crippen LogP contribution >= 0.6 is 12.4 Å². The number of hydrogen-bond donors (Lipinski definition) is 1. The lowest BCUT2D eigenvalue weighted by atomic mass is 9.78. The lowest BCUT2D eigenvalue weighted by Crippen LogP contribution is -2.47. The molecule has 1 heterocycles. The number of halogens is 1. The first-order chi connectivity index (χ1) is 11.1. The fourth-order valence-electron chi connectivity index (χ4n) is 3.51. The quantitative estimate of drug-likeness (QED) is 0.616. The average Bonchev–Trinajstić information content (AvgIpc) is 2.56. The molecular formula is C20H20ClNO2. The van der Waals surface area contributed by atoms with E-state index in [0.29, 0.717) is 6.61 Å². The van der Waals surface area contributed by atoms with Gasteiger partial charge in [-0.15, -0.1) is 12.4 Å². The Morgan fingerprint density at radius 3 is 2.38 bits per heavy atom. The lowest BCUT2D eigenvalue weighted by molar-refractivity contribution is 0.0392. The smallest absolute Gasteiger partial charge is 0.407 e. The molecule has 0 aromatic heterocycles. The van der Waals surface area contributed by atoms with E-state index in [1.54, 1.807) is 0 Å². The van der Waals surface area contributed by atoms with E-state index in [2.05, 4.69) is 73.8 Å². The Bertz CT molecular complexity index is 920. The molecule has 1 atom stereocenters. The van der Waals surface area contributed by atoms with Crippen molar-refractivity contribution in [1.82, 2.24) is 5.32 Å². The van der Waals surface area contributed by atoms with Gasteiger partial charge < -0.3 is 10.1 Å². The molecule has 0 aliphatic carbocycles. The largest absolute Gasteiger partial charge is 0.449 e. The van der Waals surface area contributed by atoms with Gasteiger partial charge in [0.2, 0.25) is 0 Å². The molecule has 0 saturated carbocycles. The minimum absolute atomic E-state index is 0. The van der Waals surface area contributed by atoms with Gasteiger partial charge in [0.05, 0.1) is 6.04 Å². The van der Waals surface area contributed by atoms with Crippen molar-refractivity contribution in [2.45, 2.75) is 19.9 Å². The van der Waals surface area contributed by atoms with Gasteiger partial charge in [-0.3, -0.25) is 0 Å². The van der Waals surface area contributed by atoms with Crippen LogP contribution in [0.25, 0.3) is 21.5 Å². The van der Waals surface area contributed by atoms with Crippen molar-refractivity contribution >= 4 is 40.0 Å². The zero-order valence-electron chi connectivity index (χ0n) is 13.7. The molecule has 4 rings (SSSR count). The molecule has 4 heteroatoms. The maximum atomic E-state index is 11.8. The van der Waals surface area contributed by atoms with Crippen molar-refractivity contribution in [3.05, 3.63) is 60.2 Å². The zero-order chi connectivity index (χ0) is 16.0. The van der Waals surface area contributed by atoms with Crippen LogP contribution in [0.1, 0.15) is 25.5 Å². The van der Waals surface area contributed by atoms with Gasteiger partial charge in [-0.1, -0.05) is 62.4 Å². The van der Waals surface area contributed by atoms with Crippen molar-refractivity contribution in [2.75, 3.05) is 6.61 Å². The van der Waals surface area contributed by atoms with E-state index in [1.807, 2.05) is 0 Å². The third-order valence-corrected chi connectivity index (χ3v) is 4.73. The summed E-state index contributed by atoms with van der Waals surface area (Å²) in [7, 11) is 0. The molecule has 0 radical (unpaired) electrons. The molecule has 1 N–H and O–H groups in total. The number of hydrogen-bond acceptors (Lipinski definition) is 2. The van der Waals surface area contributed by atoms with E-state index < -0.39 is 0 Å². The van der Waals surface area contributed by atoms with Crippen molar-refractivity contribution in [3.8, 4) is 0 Å². The Balaban J connectivity index is 0.00000169. The van der Waals surface area contributed by atoms with Crippen molar-refractivity contribution < 1.29 is 9.53 Å². The number of rotatable bonds is 1. The molecule has 124 valence electrons. The fraction of sp³-hybridized carbons (Fsp3) is 0.250. The number of ether oxygens (including phenoxy) is 1. The molecule has 3 aromatic carbocycles. The number of nitrogens with one attached hydrogen (secondary N) is 1. The van der Waals surface area contributed by atoms with Gasteiger partial charge in [0, 0.05) is 5.41 Å². The molecule has 0 unspecified atom stereocenters. The highest BCUT2D eigenvalue weighted by molar-refractivity contribution is 6.09. The first kappa shape index (κ1) is 16.6. The summed E-state index contributed by atoms with van der Waals surface area (Å²) in [5.41, 5.74) is 0.986. The summed E-state index contributed by atoms with van der Waals surface area (Å²) in [4.78, 5) is 11.8. The van der Waals surface area contributed by atoms with E-state index in [4.69, 9.17) is 4.74 Å². The highest BCUT2D eigenvalue weighted by Gasteiger charge is 2.38. The van der Waals surface area contributed by atoms with E-state index in [0.717, 1.165) is 5.56 Å². The monoisotopic (exact) mass is 341 g/mol. The van der Waals surface area contributed by atoms with Crippen molar-refractivity contribution in [2.24, 2.45) is 5.41 Å². The topological polar surface area (TPSA) is 38.3 Å². The van der Waals surface area contributed by atoms with Crippen LogP contribution < -0.4 is 5.32 Å². The van der Waals surface area contributed by atoms with Gasteiger partial charge >= 0.3 is 6.09 Å². The van der Waals surface area contributed by atoms with E-state index in [1.165, 1.54) is 21.5 Å². The molecule has 3 nitrogen and oxygen atoms in total. The average molecular weight is 342 g/mol. The fourth-order valence-corrected chi connectivity index (χ4v) is 3.51. The van der Waals surface area contributed by atoms with Gasteiger partial charge in [0.1, 0.15) is 6.61 Å². The van der Waals surface area contributed by atoms with Crippen LogP contribution in [0.4, 0.5) is 4.79 Å². The number of carbonyl (C=O) groups is 1. The van der Waals surface area contributed by atoms with Gasteiger partial charge in [-0.05, 0) is 33.2 Å². The molecule has 1 aliphatic rings. The van der Waals surface area contributed by atoms with Crippen LogP contribution in [-0.4, -0.2) is 12.7 Å². The molecule has 0 spiro atoms. The Morgan fingerprint density at radius 1 is 1.00 bits per heavy atom. The Labute approximate surface area is 147 Å². The number of fused-ring (bicyclic) bond motifs is 3. The number of amides is 1. The first-order valence-corrected chi connectivity index (χ1v) is 7.90. The van der Waals surface area contributed by atoms with Crippen molar-refractivity contribution in [3.63, 3.8) is 0 Å². The predicted octanol–water partition coefficient (Wildman–Crippen LogP) is 5.22. The second-order valence-corrected chi connectivity index (χ2v) is 6.87. The Kier molecular flexibility index (Phi) is 4.14. The van der Waals surface area contributed by atoms with Crippen LogP contribution in [0.5, 0.6) is 0 Å². The Morgan fingerprint density at radius 2 is 1.62 bits per heavy atom. The molecule has 0 bridgehead atoms. The van der Waals surface area contributed by atoms with Gasteiger partial charge in [-0.2, -0.15) is 0 Å². The Hall–Kier alpha value is -2.26. The number of alkyl carbamates (subject to hydrolysis) is 1. The highest BCUT2D eigenvalue weighted by Crippen LogP contribution is 2.41. The molecular weight excluding hydrogens is 322 g/mol. The third-order valence-electron chi connectivity index (χ3n) is 4.73. The number of cyclic esters (lactones) is 1. The standard InChI is InChI=1S/C20H19NO2.ClH/c1-20(2)12-23-19(22)21-18(20)17-11-13-7-3-4-8-14(13)15-9-5-6-10-16(15)17;/h3-11,18H,12H2,1-2H3,(H,21,22);1H/t18-;/m0./s1. The molecule has 1 amide bonds. The van der Waals surface area contributed by atoms with Gasteiger partial charge in [0.25, 0.3) is 0 Å². The van der Waals surface area contributed by atoms with Gasteiger partial charge in [0.15, 0.2) is 0 Å². The second-order valence-electron chi connectivity index (χ2n) is 6.87. The summed E-state index contributed by atoms with van der Waals surface area (Å²) >= 11 is 0. The zero-order valence-corrected chi connectivity index (χ0v) is 14.5. The highest BCUT2D eigenvalue weighted by atomic mass is 35.5. The maximum absolute atomic E-state index is 11.8. The van der Waals surface area contributed by atoms with E-state index >= 15 is 0 Å². The molecule has 1 saturated heterocycles. The summed E-state index contributed by atoms with van der Waals surface area (Å²) in [5.74, 6) is 0. The van der Waals surface area contributed by atoms with Crippen LogP contribution in [-0.2, 0) is 4.74 Å². The van der Waals surface area contributed by atoms with Crippen LogP contribution in [0.15, 0.2) is 54.6 Å². The minimum atomic E-state index is -0.341. The summed E-state index contributed by atoms with van der Waals surface area (Å²) < 4.78 is 5.19. The molecule has 3 aromatic rings. The van der Waals surface area contributed by atoms with E-state index in [-0.39, 0.29) is 30.0 Å². The minimum Gasteiger partial charge on any atom is -0.449 e. The summed E-state index contributed by atoms with van der Waals surface area (Å²) in [5, 5.41) is 7.86. The summed E-state index contributed by atoms with van der Waals surface area (Å²) in [6.45, 7) is 4.67. The van der Waals surface area contributed by atoms with Gasteiger partial charge in [-0.25, -0.2) is 4.79 Å². The SMILES string of the molecule is CC1(C)COC(=O)N[C@H]1c1cc2ccccc2c2ccccc12.Cl. The third kappa shape index (κ3) is 2.59. The molecule has 1 fully saturated rings. The first-order valence-electron chi connectivity index (χ1n) is 7.90. The number of carbonyl (C=O) groups excluding carboxylic acids is 1. The lowest BCUT2D eigenvalue weighted by Gasteiger charge is -2.39. The van der Waals surface area contributed by atoms with Crippen molar-refractivity contribution in [1.29, 1.82) is 0 Å². The predicted molar refractivity (Wildman–Crippen MR) is 99.7 cm³/mol. The van der Waals surface area contributed by atoms with Crippen LogP contribution in [0, 0.1) is 5.41 Å². The van der Waals surface area contributed by atoms with Crippen LogP contribution in [0.2, 0.25) is 0 Å². The van der Waals surface area contributed by atoms with E-state index in [9.17, 15) is 4.79 Å².